The number of nitrogens with one attached hydrogen (secondary N) is 1. The number of likely N-dealkylation sites (N-methyl/N-ethyl adjacent to an activating group) is 1. The minimum atomic E-state index is -0.739. The zero-order valence-corrected chi connectivity index (χ0v) is 13.0. The molecule has 1 aliphatic carbocycles. The molecule has 2 rings (SSSR count). The standard InChI is InChI=1S/C15H26N4O2/c1-3-5-19-10-12(9-17-19)8-16-13-6-14(7-13)18(4-2)11-15(20)21/h9-10,13-14,16H,3-8,11H2,1-2H3,(H,20,21). The smallest absolute Gasteiger partial charge is 0.317 e. The summed E-state index contributed by atoms with van der Waals surface area (Å²) in [6.07, 6.45) is 7.17. The first-order chi connectivity index (χ1) is 10.1. The first-order valence-electron chi connectivity index (χ1n) is 7.82. The molecule has 0 aliphatic heterocycles. The molecule has 0 saturated heterocycles. The van der Waals surface area contributed by atoms with E-state index in [1.165, 1.54) is 5.56 Å². The highest BCUT2D eigenvalue weighted by atomic mass is 16.4. The third kappa shape index (κ3) is 4.54. The van der Waals surface area contributed by atoms with Gasteiger partial charge >= 0.3 is 5.97 Å². The molecule has 1 saturated carbocycles. The van der Waals surface area contributed by atoms with Gasteiger partial charge in [0.05, 0.1) is 12.7 Å². The molecule has 0 spiro atoms. The van der Waals surface area contributed by atoms with Crippen LogP contribution in [0.15, 0.2) is 12.4 Å². The molecule has 0 unspecified atom stereocenters. The van der Waals surface area contributed by atoms with E-state index in [0.29, 0.717) is 12.1 Å². The van der Waals surface area contributed by atoms with Crippen molar-refractivity contribution in [3.63, 3.8) is 0 Å². The van der Waals surface area contributed by atoms with Crippen LogP contribution in [0.4, 0.5) is 0 Å². The molecule has 2 N–H and O–H groups in total. The minimum absolute atomic E-state index is 0.150. The van der Waals surface area contributed by atoms with Crippen LogP contribution >= 0.6 is 0 Å². The number of carbonyl (C=O) groups is 1. The quantitative estimate of drug-likeness (QED) is 0.719. The van der Waals surface area contributed by atoms with E-state index in [4.69, 9.17) is 5.11 Å². The second kappa shape index (κ2) is 7.56. The normalized spacial score (nSPS) is 21.5. The molecule has 1 fully saturated rings. The number of rotatable bonds is 9. The second-order valence-electron chi connectivity index (χ2n) is 5.77. The van der Waals surface area contributed by atoms with Gasteiger partial charge in [-0.2, -0.15) is 5.10 Å². The van der Waals surface area contributed by atoms with E-state index in [0.717, 1.165) is 38.9 Å². The fourth-order valence-corrected chi connectivity index (χ4v) is 2.84. The van der Waals surface area contributed by atoms with Gasteiger partial charge < -0.3 is 10.4 Å². The van der Waals surface area contributed by atoms with Crippen LogP contribution in [0.25, 0.3) is 0 Å². The molecule has 0 bridgehead atoms. The third-order valence-electron chi connectivity index (χ3n) is 4.11. The SMILES string of the molecule is CCCn1cc(CNC2CC(N(CC)CC(=O)O)C2)cn1. The Balaban J connectivity index is 1.68. The maximum atomic E-state index is 10.8. The number of hydrogen-bond donors (Lipinski definition) is 2. The summed E-state index contributed by atoms with van der Waals surface area (Å²) in [7, 11) is 0. The van der Waals surface area contributed by atoms with Crippen LogP contribution in [0.2, 0.25) is 0 Å². The van der Waals surface area contributed by atoms with Crippen molar-refractivity contribution in [2.24, 2.45) is 0 Å². The van der Waals surface area contributed by atoms with Gasteiger partial charge in [-0.05, 0) is 25.8 Å². The number of carboxylic acid groups (broad SMARTS) is 1. The zero-order chi connectivity index (χ0) is 15.2. The molecule has 1 heterocycles. The van der Waals surface area contributed by atoms with Crippen molar-refractivity contribution in [3.8, 4) is 0 Å². The van der Waals surface area contributed by atoms with Crippen molar-refractivity contribution < 1.29 is 9.90 Å². The molecule has 1 aliphatic rings. The Morgan fingerprint density at radius 3 is 2.90 bits per heavy atom. The lowest BCUT2D eigenvalue weighted by atomic mass is 9.85. The fourth-order valence-electron chi connectivity index (χ4n) is 2.84. The van der Waals surface area contributed by atoms with Gasteiger partial charge in [-0.1, -0.05) is 13.8 Å². The number of aliphatic carboxylic acids is 1. The van der Waals surface area contributed by atoms with Gasteiger partial charge in [0.15, 0.2) is 0 Å². The Labute approximate surface area is 126 Å². The Morgan fingerprint density at radius 1 is 1.52 bits per heavy atom. The lowest BCUT2D eigenvalue weighted by molar-refractivity contribution is -0.139. The Bertz CT molecular complexity index is 454. The molecule has 6 heteroatoms. The molecule has 0 radical (unpaired) electrons. The monoisotopic (exact) mass is 294 g/mol. The van der Waals surface area contributed by atoms with E-state index in [-0.39, 0.29) is 6.54 Å². The van der Waals surface area contributed by atoms with E-state index in [1.54, 1.807) is 0 Å². The highest BCUT2D eigenvalue weighted by Crippen LogP contribution is 2.25. The summed E-state index contributed by atoms with van der Waals surface area (Å²) in [5.74, 6) is -0.739. The van der Waals surface area contributed by atoms with Crippen LogP contribution < -0.4 is 5.32 Å². The van der Waals surface area contributed by atoms with Crippen molar-refractivity contribution in [2.45, 2.75) is 58.3 Å². The molecule has 0 aromatic carbocycles. The Hall–Kier alpha value is -1.40. The highest BCUT2D eigenvalue weighted by molar-refractivity contribution is 5.69. The molecule has 0 amide bonds. The first-order valence-corrected chi connectivity index (χ1v) is 7.82. The Morgan fingerprint density at radius 2 is 2.29 bits per heavy atom. The largest absolute Gasteiger partial charge is 0.480 e. The molecule has 118 valence electrons. The summed E-state index contributed by atoms with van der Waals surface area (Å²) in [5, 5.41) is 16.7. The minimum Gasteiger partial charge on any atom is -0.480 e. The van der Waals surface area contributed by atoms with Crippen LogP contribution in [0.3, 0.4) is 0 Å². The number of aromatic nitrogens is 2. The van der Waals surface area contributed by atoms with Gasteiger partial charge in [-0.15, -0.1) is 0 Å². The van der Waals surface area contributed by atoms with Gasteiger partial charge in [0.2, 0.25) is 0 Å². The first kappa shape index (κ1) is 16.0. The van der Waals surface area contributed by atoms with Crippen LogP contribution in [0.1, 0.15) is 38.7 Å². The van der Waals surface area contributed by atoms with E-state index in [2.05, 4.69) is 23.5 Å². The predicted molar refractivity (Wildman–Crippen MR) is 81.1 cm³/mol. The maximum Gasteiger partial charge on any atom is 0.317 e. The summed E-state index contributed by atoms with van der Waals surface area (Å²) in [6, 6.07) is 0.902. The summed E-state index contributed by atoms with van der Waals surface area (Å²) < 4.78 is 1.98. The average Bonchev–Trinajstić information content (AvgIpc) is 2.83. The predicted octanol–water partition coefficient (Wildman–Crippen LogP) is 1.32. The van der Waals surface area contributed by atoms with Crippen molar-refractivity contribution in [3.05, 3.63) is 18.0 Å². The van der Waals surface area contributed by atoms with Crippen molar-refractivity contribution in [2.75, 3.05) is 13.1 Å². The van der Waals surface area contributed by atoms with E-state index >= 15 is 0 Å². The summed E-state index contributed by atoms with van der Waals surface area (Å²) in [6.45, 7) is 6.92. The van der Waals surface area contributed by atoms with Crippen molar-refractivity contribution in [1.82, 2.24) is 20.0 Å². The number of hydrogen-bond acceptors (Lipinski definition) is 4. The summed E-state index contributed by atoms with van der Waals surface area (Å²) in [5.41, 5.74) is 1.21. The zero-order valence-electron chi connectivity index (χ0n) is 13.0. The van der Waals surface area contributed by atoms with E-state index in [9.17, 15) is 4.79 Å². The molecular formula is C15H26N4O2. The number of carboxylic acids is 1. The van der Waals surface area contributed by atoms with Gasteiger partial charge in [0.25, 0.3) is 0 Å². The topological polar surface area (TPSA) is 70.4 Å². The molecule has 21 heavy (non-hydrogen) atoms. The average molecular weight is 294 g/mol. The lowest BCUT2D eigenvalue weighted by Crippen LogP contribution is -2.53. The molecule has 1 aromatic rings. The summed E-state index contributed by atoms with van der Waals surface area (Å²) in [4.78, 5) is 12.8. The number of nitrogens with zero attached hydrogens (tertiary/aromatic N) is 3. The van der Waals surface area contributed by atoms with E-state index < -0.39 is 5.97 Å². The molecule has 0 atom stereocenters. The molecule has 6 nitrogen and oxygen atoms in total. The van der Waals surface area contributed by atoms with Crippen LogP contribution in [0.5, 0.6) is 0 Å². The van der Waals surface area contributed by atoms with Crippen molar-refractivity contribution in [1.29, 1.82) is 0 Å². The highest BCUT2D eigenvalue weighted by Gasteiger charge is 2.33. The summed E-state index contributed by atoms with van der Waals surface area (Å²) >= 11 is 0. The van der Waals surface area contributed by atoms with Gasteiger partial charge in [-0.3, -0.25) is 14.4 Å². The lowest BCUT2D eigenvalue weighted by Gasteiger charge is -2.42. The third-order valence-corrected chi connectivity index (χ3v) is 4.11. The van der Waals surface area contributed by atoms with Gasteiger partial charge in [-0.25, -0.2) is 0 Å². The molecular weight excluding hydrogens is 268 g/mol. The van der Waals surface area contributed by atoms with Crippen LogP contribution in [-0.4, -0.2) is 50.9 Å². The Kier molecular flexibility index (Phi) is 5.76. The van der Waals surface area contributed by atoms with Crippen LogP contribution in [-0.2, 0) is 17.9 Å². The number of aryl methyl sites for hydroxylation is 1. The van der Waals surface area contributed by atoms with Gasteiger partial charge in [0.1, 0.15) is 0 Å². The maximum absolute atomic E-state index is 10.8. The van der Waals surface area contributed by atoms with Crippen LogP contribution in [0, 0.1) is 0 Å². The molecule has 1 aromatic heterocycles. The van der Waals surface area contributed by atoms with Gasteiger partial charge in [0, 0.05) is 36.9 Å². The fraction of sp³-hybridized carbons (Fsp3) is 0.733. The van der Waals surface area contributed by atoms with Crippen molar-refractivity contribution >= 4 is 5.97 Å². The van der Waals surface area contributed by atoms with E-state index in [1.807, 2.05) is 22.7 Å². The second-order valence-corrected chi connectivity index (χ2v) is 5.77.